The molecular weight excluding hydrogens is 424 g/mol. The van der Waals surface area contributed by atoms with Crippen molar-refractivity contribution in [1.82, 2.24) is 4.90 Å². The van der Waals surface area contributed by atoms with Crippen LogP contribution in [0.2, 0.25) is 0 Å². The summed E-state index contributed by atoms with van der Waals surface area (Å²) in [6.07, 6.45) is 2.84. The number of carbonyl (C=O) groups is 1. The number of carbonyl (C=O) groups excluding carboxylic acids is 1. The maximum Gasteiger partial charge on any atom is 0.258 e. The standard InChI is InChI=1S/C29H34N2O3/c1-4-22-10-12-25(13-11-22)31(29(32)24-8-6-5-7-9-24)26-14-16-30(17-15-26)21-23-18-27(33-2)20-28(19-23)34-3/h5-13,18-20,26H,4,14-17,21H2,1-3H3. The van der Waals surface area contributed by atoms with Gasteiger partial charge in [0.1, 0.15) is 11.5 Å². The van der Waals surface area contributed by atoms with E-state index in [9.17, 15) is 4.79 Å². The normalized spacial score (nSPS) is 14.6. The number of hydrogen-bond acceptors (Lipinski definition) is 4. The highest BCUT2D eigenvalue weighted by atomic mass is 16.5. The molecule has 3 aromatic carbocycles. The fraction of sp³-hybridized carbons (Fsp3) is 0.345. The first-order chi connectivity index (χ1) is 16.6. The lowest BCUT2D eigenvalue weighted by molar-refractivity contribution is 0.0958. The number of hydrogen-bond donors (Lipinski definition) is 0. The zero-order chi connectivity index (χ0) is 23.9. The van der Waals surface area contributed by atoms with Crippen LogP contribution in [0.4, 0.5) is 5.69 Å². The highest BCUT2D eigenvalue weighted by Gasteiger charge is 2.30. The van der Waals surface area contributed by atoms with E-state index in [2.05, 4.69) is 48.2 Å². The number of anilines is 1. The molecule has 5 nitrogen and oxygen atoms in total. The van der Waals surface area contributed by atoms with Gasteiger partial charge in [-0.05, 0) is 66.8 Å². The van der Waals surface area contributed by atoms with E-state index in [0.717, 1.165) is 61.6 Å². The summed E-state index contributed by atoms with van der Waals surface area (Å²) in [6, 6.07) is 24.2. The van der Waals surface area contributed by atoms with E-state index in [1.165, 1.54) is 11.1 Å². The van der Waals surface area contributed by atoms with Crippen molar-refractivity contribution in [1.29, 1.82) is 0 Å². The minimum Gasteiger partial charge on any atom is -0.497 e. The van der Waals surface area contributed by atoms with Gasteiger partial charge in [0.05, 0.1) is 14.2 Å². The third kappa shape index (κ3) is 5.60. The summed E-state index contributed by atoms with van der Waals surface area (Å²) in [5, 5.41) is 0. The quantitative estimate of drug-likeness (QED) is 0.442. The number of aryl methyl sites for hydroxylation is 1. The van der Waals surface area contributed by atoms with Gasteiger partial charge in [-0.3, -0.25) is 9.69 Å². The predicted molar refractivity (Wildman–Crippen MR) is 137 cm³/mol. The molecular formula is C29H34N2O3. The van der Waals surface area contributed by atoms with E-state index in [0.29, 0.717) is 0 Å². The maximum absolute atomic E-state index is 13.6. The molecule has 3 aromatic rings. The van der Waals surface area contributed by atoms with Crippen molar-refractivity contribution < 1.29 is 14.3 Å². The molecule has 1 aliphatic heterocycles. The molecule has 1 aliphatic rings. The first-order valence-electron chi connectivity index (χ1n) is 12.0. The Labute approximate surface area is 202 Å². The second-order valence-electron chi connectivity index (χ2n) is 8.79. The third-order valence-electron chi connectivity index (χ3n) is 6.60. The Hall–Kier alpha value is -3.31. The summed E-state index contributed by atoms with van der Waals surface area (Å²) in [7, 11) is 3.35. The van der Waals surface area contributed by atoms with Crippen LogP contribution in [0, 0.1) is 0 Å². The molecule has 1 saturated heterocycles. The smallest absolute Gasteiger partial charge is 0.258 e. The summed E-state index contributed by atoms with van der Waals surface area (Å²) in [5.74, 6) is 1.68. The van der Waals surface area contributed by atoms with E-state index in [4.69, 9.17) is 9.47 Å². The van der Waals surface area contributed by atoms with Crippen LogP contribution in [0.5, 0.6) is 11.5 Å². The van der Waals surface area contributed by atoms with Crippen LogP contribution in [0.15, 0.2) is 72.8 Å². The summed E-state index contributed by atoms with van der Waals surface area (Å²) in [4.78, 5) is 18.1. The van der Waals surface area contributed by atoms with Gasteiger partial charge in [-0.2, -0.15) is 0 Å². The molecule has 34 heavy (non-hydrogen) atoms. The molecule has 0 aliphatic carbocycles. The Morgan fingerprint density at radius 3 is 2.06 bits per heavy atom. The van der Waals surface area contributed by atoms with Crippen LogP contribution in [0.25, 0.3) is 0 Å². The number of amides is 1. The number of benzene rings is 3. The molecule has 0 bridgehead atoms. The number of rotatable bonds is 8. The van der Waals surface area contributed by atoms with Crippen molar-refractivity contribution in [2.24, 2.45) is 0 Å². The summed E-state index contributed by atoms with van der Waals surface area (Å²) < 4.78 is 10.9. The third-order valence-corrected chi connectivity index (χ3v) is 6.60. The van der Waals surface area contributed by atoms with Crippen LogP contribution in [0.3, 0.4) is 0 Å². The number of ether oxygens (including phenoxy) is 2. The highest BCUT2D eigenvalue weighted by Crippen LogP contribution is 2.28. The van der Waals surface area contributed by atoms with E-state index in [-0.39, 0.29) is 11.9 Å². The number of piperidine rings is 1. The molecule has 5 heteroatoms. The molecule has 1 heterocycles. The fourth-order valence-corrected chi connectivity index (χ4v) is 4.66. The Balaban J connectivity index is 1.50. The number of nitrogens with zero attached hydrogens (tertiary/aromatic N) is 2. The highest BCUT2D eigenvalue weighted by molar-refractivity contribution is 6.06. The Bertz CT molecular complexity index is 1050. The van der Waals surface area contributed by atoms with Crippen LogP contribution >= 0.6 is 0 Å². The van der Waals surface area contributed by atoms with E-state index in [1.807, 2.05) is 41.3 Å². The molecule has 0 spiro atoms. The lowest BCUT2D eigenvalue weighted by atomic mass is 9.99. The number of methoxy groups -OCH3 is 2. The second-order valence-corrected chi connectivity index (χ2v) is 8.79. The topological polar surface area (TPSA) is 42.0 Å². The molecule has 0 unspecified atom stereocenters. The van der Waals surface area contributed by atoms with Gasteiger partial charge < -0.3 is 14.4 Å². The largest absolute Gasteiger partial charge is 0.497 e. The van der Waals surface area contributed by atoms with Crippen LogP contribution in [-0.4, -0.2) is 44.2 Å². The zero-order valence-electron chi connectivity index (χ0n) is 20.4. The van der Waals surface area contributed by atoms with Crippen molar-refractivity contribution in [3.8, 4) is 11.5 Å². The first kappa shape index (κ1) is 23.8. The van der Waals surface area contributed by atoms with Crippen molar-refractivity contribution >= 4 is 11.6 Å². The average molecular weight is 459 g/mol. The molecule has 178 valence electrons. The maximum atomic E-state index is 13.6. The molecule has 1 fully saturated rings. The van der Waals surface area contributed by atoms with Crippen molar-refractivity contribution in [2.45, 2.75) is 38.8 Å². The Kier molecular flexibility index (Phi) is 7.86. The van der Waals surface area contributed by atoms with Gasteiger partial charge in [-0.15, -0.1) is 0 Å². The van der Waals surface area contributed by atoms with Crippen molar-refractivity contribution in [3.63, 3.8) is 0 Å². The lowest BCUT2D eigenvalue weighted by Crippen LogP contribution is -2.47. The Morgan fingerprint density at radius 2 is 1.50 bits per heavy atom. The SMILES string of the molecule is CCc1ccc(N(C(=O)c2ccccc2)C2CCN(Cc3cc(OC)cc(OC)c3)CC2)cc1. The summed E-state index contributed by atoms with van der Waals surface area (Å²) in [5.41, 5.74) is 4.15. The van der Waals surface area contributed by atoms with Gasteiger partial charge in [-0.25, -0.2) is 0 Å². The van der Waals surface area contributed by atoms with E-state index < -0.39 is 0 Å². The van der Waals surface area contributed by atoms with Crippen molar-refractivity contribution in [3.05, 3.63) is 89.5 Å². The molecule has 0 N–H and O–H groups in total. The van der Waals surface area contributed by atoms with E-state index >= 15 is 0 Å². The van der Waals surface area contributed by atoms with Crippen molar-refractivity contribution in [2.75, 3.05) is 32.2 Å². The van der Waals surface area contributed by atoms with E-state index in [1.54, 1.807) is 14.2 Å². The van der Waals surface area contributed by atoms with Crippen LogP contribution < -0.4 is 14.4 Å². The molecule has 4 rings (SSSR count). The number of likely N-dealkylation sites (tertiary alicyclic amines) is 1. The minimum atomic E-state index is 0.0702. The summed E-state index contributed by atoms with van der Waals surface area (Å²) in [6.45, 7) is 4.83. The van der Waals surface area contributed by atoms with Gasteiger partial charge in [0.15, 0.2) is 0 Å². The van der Waals surface area contributed by atoms with Gasteiger partial charge in [0.25, 0.3) is 5.91 Å². The molecule has 0 aromatic heterocycles. The molecule has 0 radical (unpaired) electrons. The minimum absolute atomic E-state index is 0.0702. The Morgan fingerprint density at radius 1 is 0.882 bits per heavy atom. The van der Waals surface area contributed by atoms with Gasteiger partial charge in [0, 0.05) is 43.0 Å². The molecule has 0 saturated carbocycles. The van der Waals surface area contributed by atoms with Gasteiger partial charge >= 0.3 is 0 Å². The van der Waals surface area contributed by atoms with Crippen LogP contribution in [-0.2, 0) is 13.0 Å². The average Bonchev–Trinajstić information content (AvgIpc) is 2.90. The van der Waals surface area contributed by atoms with Gasteiger partial charge in [-0.1, -0.05) is 37.3 Å². The molecule has 1 amide bonds. The van der Waals surface area contributed by atoms with Gasteiger partial charge in [0.2, 0.25) is 0 Å². The lowest BCUT2D eigenvalue weighted by Gasteiger charge is -2.39. The fourth-order valence-electron chi connectivity index (χ4n) is 4.66. The summed E-state index contributed by atoms with van der Waals surface area (Å²) >= 11 is 0. The second kappa shape index (κ2) is 11.2. The monoisotopic (exact) mass is 458 g/mol. The zero-order valence-corrected chi connectivity index (χ0v) is 20.4. The molecule has 0 atom stereocenters. The van der Waals surface area contributed by atoms with Crippen LogP contribution in [0.1, 0.15) is 41.3 Å². The predicted octanol–water partition coefficient (Wildman–Crippen LogP) is 5.58. The first-order valence-corrected chi connectivity index (χ1v) is 12.0.